The van der Waals surface area contributed by atoms with Crippen LogP contribution in [0.2, 0.25) is 0 Å². The number of aryl methyl sites for hydroxylation is 2. The molecule has 9 nitrogen and oxygen atoms in total. The maximum absolute atomic E-state index is 13.0. The van der Waals surface area contributed by atoms with Crippen LogP contribution in [0.15, 0.2) is 18.7 Å². The number of halogens is 3. The molecule has 0 aliphatic heterocycles. The van der Waals surface area contributed by atoms with E-state index in [1.807, 2.05) is 24.9 Å². The van der Waals surface area contributed by atoms with E-state index in [-0.39, 0.29) is 17.3 Å². The summed E-state index contributed by atoms with van der Waals surface area (Å²) in [5.74, 6) is 0.492. The van der Waals surface area contributed by atoms with Crippen LogP contribution < -0.4 is 15.3 Å². The monoisotopic (exact) mass is 394 g/mol. The van der Waals surface area contributed by atoms with E-state index in [4.69, 9.17) is 0 Å². The van der Waals surface area contributed by atoms with Crippen molar-refractivity contribution in [2.75, 3.05) is 17.7 Å². The normalized spacial score (nSPS) is 15.5. The second kappa shape index (κ2) is 6.17. The van der Waals surface area contributed by atoms with E-state index in [2.05, 4.69) is 35.8 Å². The van der Waals surface area contributed by atoms with E-state index in [9.17, 15) is 13.2 Å². The summed E-state index contributed by atoms with van der Waals surface area (Å²) in [6, 6.07) is 0. The fourth-order valence-corrected chi connectivity index (χ4v) is 3.06. The van der Waals surface area contributed by atoms with Crippen molar-refractivity contribution in [3.63, 3.8) is 0 Å². The number of nitrogens with zero attached hydrogens (tertiary/aromatic N) is 6. The smallest absolute Gasteiger partial charge is 0.372 e. The Labute approximate surface area is 158 Å². The van der Waals surface area contributed by atoms with Crippen LogP contribution in [-0.2, 0) is 18.8 Å². The van der Waals surface area contributed by atoms with E-state index < -0.39 is 11.7 Å². The lowest BCUT2D eigenvalue weighted by Crippen LogP contribution is -2.49. The highest BCUT2D eigenvalue weighted by molar-refractivity contribution is 5.57. The minimum absolute atomic E-state index is 0.0624. The zero-order valence-corrected chi connectivity index (χ0v) is 15.5. The third-order valence-corrected chi connectivity index (χ3v) is 4.73. The molecule has 1 fully saturated rings. The molecule has 0 saturated heterocycles. The highest BCUT2D eigenvalue weighted by atomic mass is 19.4. The molecule has 0 atom stereocenters. The number of alkyl halides is 3. The molecule has 0 amide bonds. The summed E-state index contributed by atoms with van der Waals surface area (Å²) in [6.45, 7) is 1.85. The third-order valence-electron chi connectivity index (χ3n) is 4.73. The Morgan fingerprint density at radius 1 is 1.29 bits per heavy atom. The second-order valence-corrected chi connectivity index (χ2v) is 6.75. The lowest BCUT2D eigenvalue weighted by Gasteiger charge is -2.12. The van der Waals surface area contributed by atoms with E-state index in [0.29, 0.717) is 5.69 Å². The Kier molecular flexibility index (Phi) is 4.01. The maximum atomic E-state index is 13.0. The van der Waals surface area contributed by atoms with Crippen molar-refractivity contribution in [1.82, 2.24) is 29.8 Å². The van der Waals surface area contributed by atoms with Crippen LogP contribution in [0, 0.1) is 6.92 Å². The minimum Gasteiger partial charge on any atom is -0.372 e. The summed E-state index contributed by atoms with van der Waals surface area (Å²) < 4.78 is 42.6. The van der Waals surface area contributed by atoms with E-state index in [0.717, 1.165) is 30.6 Å². The molecule has 1 aliphatic rings. The second-order valence-electron chi connectivity index (χ2n) is 6.75. The molecule has 3 N–H and O–H groups in total. The molecule has 0 radical (unpaired) electrons. The van der Waals surface area contributed by atoms with Gasteiger partial charge in [-0.25, -0.2) is 9.97 Å². The lowest BCUT2D eigenvalue weighted by atomic mass is 10.2. The van der Waals surface area contributed by atoms with Gasteiger partial charge in [0.15, 0.2) is 0 Å². The number of H-pyrrole nitrogens is 1. The van der Waals surface area contributed by atoms with Crippen LogP contribution in [0.4, 0.5) is 30.6 Å². The van der Waals surface area contributed by atoms with Crippen LogP contribution in [0.1, 0.15) is 29.9 Å². The molecule has 148 valence electrons. The van der Waals surface area contributed by atoms with Crippen molar-refractivity contribution in [2.45, 2.75) is 31.5 Å². The van der Waals surface area contributed by atoms with Gasteiger partial charge in [-0.2, -0.15) is 23.3 Å². The first-order valence-electron chi connectivity index (χ1n) is 8.60. The molecule has 4 rings (SSSR count). The van der Waals surface area contributed by atoms with Gasteiger partial charge in [-0.15, -0.1) is 9.78 Å². The quantitative estimate of drug-likeness (QED) is 0.572. The van der Waals surface area contributed by atoms with Gasteiger partial charge in [-0.05, 0) is 6.92 Å². The first kappa shape index (κ1) is 18.2. The summed E-state index contributed by atoms with van der Waals surface area (Å²) in [6.07, 6.45) is 1.50. The predicted octanol–water partition coefficient (Wildman–Crippen LogP) is 1.87. The first-order valence-corrected chi connectivity index (χ1v) is 8.60. The predicted molar refractivity (Wildman–Crippen MR) is 92.9 cm³/mol. The molecule has 0 aromatic carbocycles. The molecule has 28 heavy (non-hydrogen) atoms. The van der Waals surface area contributed by atoms with Crippen LogP contribution in [0.25, 0.3) is 0 Å². The molecule has 12 heteroatoms. The summed E-state index contributed by atoms with van der Waals surface area (Å²) in [4.78, 5) is 12.1. The van der Waals surface area contributed by atoms with Gasteiger partial charge < -0.3 is 10.6 Å². The number of rotatable bonds is 5. The van der Waals surface area contributed by atoms with Crippen molar-refractivity contribution in [3.05, 3.63) is 35.8 Å². The molecule has 1 aliphatic carbocycles. The third kappa shape index (κ3) is 3.04. The Balaban J connectivity index is 1.62. The van der Waals surface area contributed by atoms with Gasteiger partial charge in [0.25, 0.3) is 5.54 Å². The molecule has 3 aromatic rings. The van der Waals surface area contributed by atoms with Gasteiger partial charge in [-0.3, -0.25) is 4.68 Å². The fraction of sp³-hybridized carbons (Fsp3) is 0.438. The summed E-state index contributed by atoms with van der Waals surface area (Å²) in [5.41, 5.74) is 0.198. The zero-order valence-electron chi connectivity index (χ0n) is 15.5. The Bertz CT molecular complexity index is 1020. The average molecular weight is 394 g/mol. The Morgan fingerprint density at radius 2 is 2.04 bits per heavy atom. The molecule has 0 unspecified atom stereocenters. The van der Waals surface area contributed by atoms with Gasteiger partial charge in [0.05, 0.1) is 5.69 Å². The number of aromatic amines is 1. The largest absolute Gasteiger partial charge is 0.421 e. The number of hydrogen-bond acceptors (Lipinski definition) is 6. The van der Waals surface area contributed by atoms with Crippen LogP contribution in [-0.4, -0.2) is 36.9 Å². The number of hydrogen-bond donors (Lipinski definition) is 3. The molecular weight excluding hydrogens is 375 g/mol. The molecule has 1 saturated carbocycles. The number of nitrogens with one attached hydrogen (secondary N) is 3. The summed E-state index contributed by atoms with van der Waals surface area (Å²) in [5, 5.41) is 13.1. The van der Waals surface area contributed by atoms with Gasteiger partial charge >= 0.3 is 6.18 Å². The molecule has 0 bridgehead atoms. The fourth-order valence-electron chi connectivity index (χ4n) is 3.06. The molecule has 3 heterocycles. The highest BCUT2D eigenvalue weighted by Crippen LogP contribution is 2.43. The van der Waals surface area contributed by atoms with Crippen molar-refractivity contribution in [1.29, 1.82) is 0 Å². The average Bonchev–Trinajstić information content (AvgIpc) is 3.20. The van der Waals surface area contributed by atoms with E-state index in [1.165, 1.54) is 7.05 Å². The standard InChI is InChI=1S/C16H18F3N9/c1-9-11(23-14-21-6-10(16(17,18)19)12(20-2)24-14)7-28(25-9)15(4-5-15)13-22-8-27(3)26-13/h6-8H,4-5H2,1-3H3,(H2,20,21,23,24)/p+1. The molecular formula is C16H19F3N9+. The molecule has 3 aromatic heterocycles. The summed E-state index contributed by atoms with van der Waals surface area (Å²) >= 11 is 0. The zero-order chi connectivity index (χ0) is 20.1. The maximum Gasteiger partial charge on any atom is 0.421 e. The first-order chi connectivity index (χ1) is 13.2. The van der Waals surface area contributed by atoms with E-state index in [1.54, 1.807) is 11.0 Å². The Morgan fingerprint density at radius 3 is 2.61 bits per heavy atom. The van der Waals surface area contributed by atoms with Gasteiger partial charge in [-0.1, -0.05) is 0 Å². The number of aromatic nitrogens is 7. The van der Waals surface area contributed by atoms with Gasteiger partial charge in [0, 0.05) is 33.1 Å². The Hall–Kier alpha value is -3.18. The van der Waals surface area contributed by atoms with Crippen LogP contribution in [0.3, 0.4) is 0 Å². The minimum atomic E-state index is -4.53. The van der Waals surface area contributed by atoms with E-state index >= 15 is 0 Å². The van der Waals surface area contributed by atoms with Crippen molar-refractivity contribution >= 4 is 17.5 Å². The lowest BCUT2D eigenvalue weighted by molar-refractivity contribution is -0.781. The van der Waals surface area contributed by atoms with Crippen molar-refractivity contribution in [3.8, 4) is 0 Å². The van der Waals surface area contributed by atoms with Crippen molar-refractivity contribution < 1.29 is 17.9 Å². The van der Waals surface area contributed by atoms with Crippen LogP contribution in [0.5, 0.6) is 0 Å². The summed E-state index contributed by atoms with van der Waals surface area (Å²) in [7, 11) is 3.19. The SMILES string of the molecule is CNc1nc(Nc2c[n+](C3(c4ncn(C)n4)CC3)[nH]c2C)ncc1C(F)(F)F. The van der Waals surface area contributed by atoms with Gasteiger partial charge in [0.1, 0.15) is 23.4 Å². The van der Waals surface area contributed by atoms with Gasteiger partial charge in [0.2, 0.25) is 18.0 Å². The highest BCUT2D eigenvalue weighted by Gasteiger charge is 2.59. The number of anilines is 3. The van der Waals surface area contributed by atoms with Crippen LogP contribution >= 0.6 is 0 Å². The van der Waals surface area contributed by atoms with Crippen molar-refractivity contribution in [2.24, 2.45) is 7.05 Å². The topological polar surface area (TPSA) is 100 Å². The molecule has 0 spiro atoms.